The molecule has 0 spiro atoms. The van der Waals surface area contributed by atoms with Crippen LogP contribution in [-0.4, -0.2) is 52.0 Å². The number of primary amides is 1. The van der Waals surface area contributed by atoms with Crippen molar-refractivity contribution < 1.29 is 32.2 Å². The summed E-state index contributed by atoms with van der Waals surface area (Å²) >= 11 is 0. The molecule has 3 N–H and O–H groups in total. The van der Waals surface area contributed by atoms with Crippen molar-refractivity contribution in [3.63, 3.8) is 0 Å². The summed E-state index contributed by atoms with van der Waals surface area (Å²) in [5.41, 5.74) is 6.31. The van der Waals surface area contributed by atoms with Crippen LogP contribution in [0.1, 0.15) is 45.1 Å². The number of aryl methyl sites for hydroxylation is 1. The highest BCUT2D eigenvalue weighted by molar-refractivity contribution is 6.01. The molecular weight excluding hydrogens is 383 g/mol. The standard InChI is InChI=1S/C16H18F3N5O4/c1-7-3-11(15(26)22-8-4-9(5-8)28-16(17,18)19)24-14(21-7)12(13(20)25)10(23-24)6-27-2/h3,8-9H,4-6H2,1-2H3,(H2,20,25)(H,22,26)/t8-,9+. The zero-order chi connectivity index (χ0) is 20.6. The summed E-state index contributed by atoms with van der Waals surface area (Å²) in [7, 11) is 1.41. The first kappa shape index (κ1) is 20.0. The second-order valence-corrected chi connectivity index (χ2v) is 6.46. The van der Waals surface area contributed by atoms with Gasteiger partial charge in [-0.05, 0) is 25.8 Å². The second kappa shape index (κ2) is 7.36. The summed E-state index contributed by atoms with van der Waals surface area (Å²) in [6, 6.07) is 0.993. The largest absolute Gasteiger partial charge is 0.522 e. The number of nitrogens with zero attached hydrogens (tertiary/aromatic N) is 3. The maximum Gasteiger partial charge on any atom is 0.522 e. The lowest BCUT2D eigenvalue weighted by Gasteiger charge is -2.35. The highest BCUT2D eigenvalue weighted by atomic mass is 19.4. The van der Waals surface area contributed by atoms with E-state index in [1.54, 1.807) is 6.92 Å². The molecule has 1 aliphatic carbocycles. The molecule has 1 fully saturated rings. The van der Waals surface area contributed by atoms with Crippen LogP contribution in [0.3, 0.4) is 0 Å². The first-order valence-corrected chi connectivity index (χ1v) is 8.32. The number of carbonyl (C=O) groups is 2. The van der Waals surface area contributed by atoms with E-state index < -0.39 is 30.3 Å². The number of halogens is 3. The van der Waals surface area contributed by atoms with Gasteiger partial charge in [0, 0.05) is 18.8 Å². The van der Waals surface area contributed by atoms with Gasteiger partial charge in [-0.1, -0.05) is 0 Å². The Kier molecular flexibility index (Phi) is 5.26. The van der Waals surface area contributed by atoms with E-state index in [1.165, 1.54) is 17.7 Å². The average molecular weight is 401 g/mol. The zero-order valence-corrected chi connectivity index (χ0v) is 15.0. The number of fused-ring (bicyclic) bond motifs is 1. The highest BCUT2D eigenvalue weighted by Crippen LogP contribution is 2.30. The fourth-order valence-corrected chi connectivity index (χ4v) is 3.06. The smallest absolute Gasteiger partial charge is 0.378 e. The monoisotopic (exact) mass is 401 g/mol. The van der Waals surface area contributed by atoms with Crippen LogP contribution >= 0.6 is 0 Å². The van der Waals surface area contributed by atoms with Crippen LogP contribution in [0.5, 0.6) is 0 Å². The van der Waals surface area contributed by atoms with Crippen molar-refractivity contribution in [2.24, 2.45) is 5.73 Å². The van der Waals surface area contributed by atoms with Crippen LogP contribution in [0.2, 0.25) is 0 Å². The summed E-state index contributed by atoms with van der Waals surface area (Å²) in [5.74, 6) is -1.33. The Morgan fingerprint density at radius 1 is 1.39 bits per heavy atom. The third-order valence-electron chi connectivity index (χ3n) is 4.28. The van der Waals surface area contributed by atoms with Gasteiger partial charge in [0.05, 0.1) is 12.7 Å². The van der Waals surface area contributed by atoms with Gasteiger partial charge in [-0.15, -0.1) is 13.2 Å². The maximum atomic E-state index is 12.6. The summed E-state index contributed by atoms with van der Waals surface area (Å²) < 4.78 is 46.7. The molecule has 2 aromatic heterocycles. The molecule has 1 aliphatic rings. The van der Waals surface area contributed by atoms with E-state index >= 15 is 0 Å². The summed E-state index contributed by atoms with van der Waals surface area (Å²) in [6.45, 7) is 1.61. The summed E-state index contributed by atoms with van der Waals surface area (Å²) in [5, 5.41) is 6.83. The van der Waals surface area contributed by atoms with Crippen molar-refractivity contribution in [1.29, 1.82) is 0 Å². The third kappa shape index (κ3) is 4.07. The summed E-state index contributed by atoms with van der Waals surface area (Å²) in [6.07, 6.45) is -5.60. The molecule has 28 heavy (non-hydrogen) atoms. The van der Waals surface area contributed by atoms with Crippen LogP contribution in [0.25, 0.3) is 5.65 Å². The Bertz CT molecular complexity index is 921. The van der Waals surface area contributed by atoms with Crippen LogP contribution in [0.15, 0.2) is 6.07 Å². The van der Waals surface area contributed by atoms with Gasteiger partial charge < -0.3 is 15.8 Å². The number of alkyl halides is 3. The number of nitrogens with two attached hydrogens (primary N) is 1. The van der Waals surface area contributed by atoms with Crippen molar-refractivity contribution in [2.75, 3.05) is 7.11 Å². The quantitative estimate of drug-likeness (QED) is 0.747. The van der Waals surface area contributed by atoms with Crippen LogP contribution in [-0.2, 0) is 16.1 Å². The Labute approximate surface area is 157 Å². The number of rotatable bonds is 6. The predicted molar refractivity (Wildman–Crippen MR) is 88.4 cm³/mol. The fraction of sp³-hybridized carbons (Fsp3) is 0.500. The topological polar surface area (TPSA) is 121 Å². The number of carbonyl (C=O) groups excluding carboxylic acids is 2. The Morgan fingerprint density at radius 3 is 2.64 bits per heavy atom. The molecular formula is C16H18F3N5O4. The fourth-order valence-electron chi connectivity index (χ4n) is 3.06. The first-order valence-electron chi connectivity index (χ1n) is 8.32. The van der Waals surface area contributed by atoms with Gasteiger partial charge in [0.25, 0.3) is 11.8 Å². The molecule has 0 unspecified atom stereocenters. The minimum atomic E-state index is -4.70. The van der Waals surface area contributed by atoms with Gasteiger partial charge in [-0.3, -0.25) is 14.3 Å². The number of nitrogens with one attached hydrogen (secondary N) is 1. The molecule has 2 heterocycles. The third-order valence-corrected chi connectivity index (χ3v) is 4.28. The van der Waals surface area contributed by atoms with Crippen molar-refractivity contribution >= 4 is 17.5 Å². The lowest BCUT2D eigenvalue weighted by molar-refractivity contribution is -0.351. The van der Waals surface area contributed by atoms with E-state index in [0.717, 1.165) is 0 Å². The van der Waals surface area contributed by atoms with Crippen LogP contribution in [0, 0.1) is 6.92 Å². The molecule has 152 valence electrons. The molecule has 0 atom stereocenters. The number of ether oxygens (including phenoxy) is 2. The molecule has 2 amide bonds. The lowest BCUT2D eigenvalue weighted by atomic mass is 9.89. The van der Waals surface area contributed by atoms with E-state index in [9.17, 15) is 22.8 Å². The molecule has 9 nitrogen and oxygen atoms in total. The van der Waals surface area contributed by atoms with Crippen LogP contribution < -0.4 is 11.1 Å². The summed E-state index contributed by atoms with van der Waals surface area (Å²) in [4.78, 5) is 28.7. The zero-order valence-electron chi connectivity index (χ0n) is 15.0. The lowest BCUT2D eigenvalue weighted by Crippen LogP contribution is -2.49. The van der Waals surface area contributed by atoms with Crippen molar-refractivity contribution in [3.8, 4) is 0 Å². The molecule has 3 rings (SSSR count). The van der Waals surface area contributed by atoms with E-state index in [1.807, 2.05) is 0 Å². The first-order chi connectivity index (χ1) is 13.1. The second-order valence-electron chi connectivity index (χ2n) is 6.46. The number of methoxy groups -OCH3 is 1. The Balaban J connectivity index is 1.84. The Morgan fingerprint density at radius 2 is 2.07 bits per heavy atom. The maximum absolute atomic E-state index is 12.6. The predicted octanol–water partition coefficient (Wildman–Crippen LogP) is 1.08. The van der Waals surface area contributed by atoms with E-state index in [4.69, 9.17) is 10.5 Å². The van der Waals surface area contributed by atoms with Crippen molar-refractivity contribution in [2.45, 2.75) is 44.9 Å². The van der Waals surface area contributed by atoms with Gasteiger partial charge in [-0.25, -0.2) is 9.50 Å². The molecule has 0 saturated heterocycles. The van der Waals surface area contributed by atoms with E-state index in [0.29, 0.717) is 5.69 Å². The number of aromatic nitrogens is 3. The molecule has 12 heteroatoms. The van der Waals surface area contributed by atoms with Gasteiger partial charge >= 0.3 is 6.36 Å². The number of amides is 2. The van der Waals surface area contributed by atoms with Gasteiger partial charge in [0.15, 0.2) is 5.65 Å². The average Bonchev–Trinajstić information content (AvgIpc) is 2.89. The highest BCUT2D eigenvalue weighted by Gasteiger charge is 2.40. The van der Waals surface area contributed by atoms with E-state index in [-0.39, 0.29) is 42.0 Å². The van der Waals surface area contributed by atoms with Crippen LogP contribution in [0.4, 0.5) is 13.2 Å². The Hall–Kier alpha value is -2.73. The molecule has 0 aliphatic heterocycles. The molecule has 1 saturated carbocycles. The van der Waals surface area contributed by atoms with Gasteiger partial charge in [0.2, 0.25) is 0 Å². The normalized spacial score (nSPS) is 19.5. The number of hydrogen-bond acceptors (Lipinski definition) is 6. The van der Waals surface area contributed by atoms with Crippen molar-refractivity contribution in [1.82, 2.24) is 19.9 Å². The number of hydrogen-bond donors (Lipinski definition) is 2. The van der Waals surface area contributed by atoms with Gasteiger partial charge in [-0.2, -0.15) is 5.10 Å². The molecule has 0 bridgehead atoms. The van der Waals surface area contributed by atoms with Gasteiger partial charge in [0.1, 0.15) is 17.0 Å². The van der Waals surface area contributed by atoms with Crippen molar-refractivity contribution in [3.05, 3.63) is 28.7 Å². The molecule has 2 aromatic rings. The molecule has 0 radical (unpaired) electrons. The minimum Gasteiger partial charge on any atom is -0.378 e. The SMILES string of the molecule is COCc1nn2c(C(=O)N[C@H]3C[C@@H](OC(F)(F)F)C3)cc(C)nc2c1C(N)=O. The molecule has 0 aromatic carbocycles. The minimum absolute atomic E-state index is 0.0131. The van der Waals surface area contributed by atoms with E-state index in [2.05, 4.69) is 20.1 Å².